The number of carbonyl (C=O) groups is 1. The predicted molar refractivity (Wildman–Crippen MR) is 248 cm³/mol. The molecule has 0 aliphatic carbocycles. The van der Waals surface area contributed by atoms with Gasteiger partial charge in [0.1, 0.15) is 19.3 Å². The van der Waals surface area contributed by atoms with E-state index in [1.165, 1.54) is 199 Å². The first kappa shape index (κ1) is 57.5. The summed E-state index contributed by atoms with van der Waals surface area (Å²) in [4.78, 5) is 23.0. The van der Waals surface area contributed by atoms with Gasteiger partial charge in [0.2, 0.25) is 0 Å². The third-order valence-electron chi connectivity index (χ3n) is 11.4. The Labute approximate surface area is 361 Å². The van der Waals surface area contributed by atoms with Gasteiger partial charge in [-0.15, -0.1) is 0 Å². The number of rotatable bonds is 48. The van der Waals surface area contributed by atoms with E-state index in [4.69, 9.17) is 18.5 Å². The van der Waals surface area contributed by atoms with Gasteiger partial charge in [-0.1, -0.05) is 232 Å². The number of nitrogens with zero attached hydrogens (tertiary/aromatic N) is 1. The first-order valence-electron chi connectivity index (χ1n) is 25.3. The molecule has 8 nitrogen and oxygen atoms in total. The molecule has 0 heterocycles. The Balaban J connectivity index is 4.09. The van der Waals surface area contributed by atoms with E-state index in [2.05, 4.69) is 13.8 Å². The van der Waals surface area contributed by atoms with Gasteiger partial charge < -0.3 is 18.9 Å². The minimum atomic E-state index is -4.27. The van der Waals surface area contributed by atoms with Crippen LogP contribution in [-0.4, -0.2) is 75.6 Å². The number of quaternary nitrogens is 1. The highest BCUT2D eigenvalue weighted by molar-refractivity contribution is 7.47. The number of esters is 1. The molecule has 2 unspecified atom stereocenters. The molecule has 1 N–H and O–H groups in total. The maximum absolute atomic E-state index is 12.7. The summed E-state index contributed by atoms with van der Waals surface area (Å²) >= 11 is 0. The van der Waals surface area contributed by atoms with Crippen molar-refractivity contribution in [1.82, 2.24) is 0 Å². The standard InChI is InChI=1S/C49H100NO7P/c1-6-8-10-12-14-16-18-20-22-24-25-26-27-28-30-32-34-36-38-40-42-49(51)57-48(47-56-58(52,53)55-45-43-50(3,4)5)46-54-44-41-39-37-35-33-31-29-23-21-19-17-15-13-11-9-7-2/h48H,6-47H2,1-5H3/p+1. The van der Waals surface area contributed by atoms with Crippen molar-refractivity contribution >= 4 is 13.8 Å². The molecule has 0 saturated heterocycles. The lowest BCUT2D eigenvalue weighted by atomic mass is 10.0. The first-order chi connectivity index (χ1) is 28.1. The Morgan fingerprint density at radius 1 is 0.466 bits per heavy atom. The number of carbonyl (C=O) groups excluding carboxylic acids is 1. The maximum Gasteiger partial charge on any atom is 0.472 e. The van der Waals surface area contributed by atoms with Crippen molar-refractivity contribution in [3.8, 4) is 0 Å². The number of phosphoric acid groups is 1. The molecule has 0 saturated carbocycles. The van der Waals surface area contributed by atoms with E-state index in [1.807, 2.05) is 21.1 Å². The molecule has 0 amide bonds. The molecule has 0 aromatic heterocycles. The molecular weight excluding hydrogens is 746 g/mol. The monoisotopic (exact) mass is 847 g/mol. The van der Waals surface area contributed by atoms with Crippen molar-refractivity contribution in [2.45, 2.75) is 258 Å². The van der Waals surface area contributed by atoms with Crippen LogP contribution in [0.5, 0.6) is 0 Å². The summed E-state index contributed by atoms with van der Waals surface area (Å²) < 4.78 is 35.1. The quantitative estimate of drug-likeness (QED) is 0.0282. The van der Waals surface area contributed by atoms with Crippen LogP contribution in [0.15, 0.2) is 0 Å². The predicted octanol–water partition coefficient (Wildman–Crippen LogP) is 15.2. The van der Waals surface area contributed by atoms with Crippen LogP contribution in [0.2, 0.25) is 0 Å². The largest absolute Gasteiger partial charge is 0.472 e. The van der Waals surface area contributed by atoms with Gasteiger partial charge in [0.15, 0.2) is 0 Å². The second-order valence-electron chi connectivity index (χ2n) is 18.6. The fourth-order valence-corrected chi connectivity index (χ4v) is 8.24. The van der Waals surface area contributed by atoms with Crippen LogP contribution in [0, 0.1) is 0 Å². The molecule has 0 aromatic carbocycles. The molecule has 0 aliphatic rings. The van der Waals surface area contributed by atoms with Crippen LogP contribution in [0.4, 0.5) is 0 Å². The van der Waals surface area contributed by atoms with Crippen LogP contribution in [-0.2, 0) is 27.9 Å². The average Bonchev–Trinajstić information content (AvgIpc) is 3.18. The molecule has 2 atom stereocenters. The number of hydrogen-bond acceptors (Lipinski definition) is 6. The molecular formula is C49H101NO7P+. The molecule has 0 radical (unpaired) electrons. The summed E-state index contributed by atoms with van der Waals surface area (Å²) in [6.45, 7) is 5.70. The smallest absolute Gasteiger partial charge is 0.457 e. The number of likely N-dealkylation sites (N-methyl/N-ethyl adjacent to an activating group) is 1. The van der Waals surface area contributed by atoms with Gasteiger partial charge in [-0.05, 0) is 12.8 Å². The van der Waals surface area contributed by atoms with Crippen molar-refractivity contribution in [1.29, 1.82) is 0 Å². The first-order valence-corrected chi connectivity index (χ1v) is 26.8. The molecule has 0 spiro atoms. The van der Waals surface area contributed by atoms with Crippen molar-refractivity contribution < 1.29 is 37.3 Å². The van der Waals surface area contributed by atoms with Crippen LogP contribution in [0.25, 0.3) is 0 Å². The van der Waals surface area contributed by atoms with E-state index in [-0.39, 0.29) is 25.8 Å². The summed E-state index contributed by atoms with van der Waals surface area (Å²) in [5, 5.41) is 0. The van der Waals surface area contributed by atoms with Gasteiger partial charge in [0.25, 0.3) is 0 Å². The lowest BCUT2D eigenvalue weighted by Gasteiger charge is -2.24. The normalized spacial score (nSPS) is 13.6. The van der Waals surface area contributed by atoms with Crippen molar-refractivity contribution in [3.05, 3.63) is 0 Å². The number of unbranched alkanes of at least 4 members (excludes halogenated alkanes) is 34. The molecule has 0 bridgehead atoms. The second kappa shape index (κ2) is 43.2. The molecule has 0 aromatic rings. The summed E-state index contributed by atoms with van der Waals surface area (Å²) in [7, 11) is 1.69. The molecule has 9 heteroatoms. The molecule has 0 aliphatic heterocycles. The van der Waals surface area contributed by atoms with Gasteiger partial charge in [0, 0.05) is 13.0 Å². The summed E-state index contributed by atoms with van der Waals surface area (Å²) in [6.07, 6.45) is 47.1. The van der Waals surface area contributed by atoms with Crippen LogP contribution >= 0.6 is 7.82 Å². The Morgan fingerprint density at radius 2 is 0.793 bits per heavy atom. The Kier molecular flexibility index (Phi) is 42.8. The third-order valence-corrected chi connectivity index (χ3v) is 12.4. The number of hydrogen-bond donors (Lipinski definition) is 1. The van der Waals surface area contributed by atoms with Crippen LogP contribution < -0.4 is 0 Å². The van der Waals surface area contributed by atoms with Gasteiger partial charge >= 0.3 is 13.8 Å². The minimum Gasteiger partial charge on any atom is -0.457 e. The van der Waals surface area contributed by atoms with Crippen LogP contribution in [0.1, 0.15) is 251 Å². The van der Waals surface area contributed by atoms with E-state index in [0.29, 0.717) is 24.1 Å². The number of ether oxygens (including phenoxy) is 2. The maximum atomic E-state index is 12.7. The lowest BCUT2D eigenvalue weighted by Crippen LogP contribution is -2.37. The summed E-state index contributed by atoms with van der Waals surface area (Å²) in [6, 6.07) is 0. The van der Waals surface area contributed by atoms with Crippen molar-refractivity contribution in [3.63, 3.8) is 0 Å². The zero-order chi connectivity index (χ0) is 42.7. The summed E-state index contributed by atoms with van der Waals surface area (Å²) in [5.41, 5.74) is 0. The summed E-state index contributed by atoms with van der Waals surface area (Å²) in [5.74, 6) is -0.305. The van der Waals surface area contributed by atoms with Gasteiger partial charge in [-0.3, -0.25) is 13.8 Å². The zero-order valence-electron chi connectivity index (χ0n) is 39.6. The fraction of sp³-hybridized carbons (Fsp3) is 0.980. The highest BCUT2D eigenvalue weighted by atomic mass is 31.2. The Hall–Kier alpha value is -0.500. The van der Waals surface area contributed by atoms with E-state index in [1.54, 1.807) is 0 Å². The van der Waals surface area contributed by atoms with Gasteiger partial charge in [0.05, 0.1) is 34.4 Å². The van der Waals surface area contributed by atoms with Crippen molar-refractivity contribution in [2.24, 2.45) is 0 Å². The van der Waals surface area contributed by atoms with E-state index in [9.17, 15) is 14.3 Å². The lowest BCUT2D eigenvalue weighted by molar-refractivity contribution is -0.870. The zero-order valence-corrected chi connectivity index (χ0v) is 40.5. The second-order valence-corrected chi connectivity index (χ2v) is 20.0. The molecule has 58 heavy (non-hydrogen) atoms. The SMILES string of the molecule is CCCCCCCCCCCCCCCCCCCCCCC(=O)OC(COCCCCCCCCCCCCCCCCCC)COP(=O)(O)OCC[N+](C)(C)C. The Morgan fingerprint density at radius 3 is 1.14 bits per heavy atom. The third kappa shape index (κ3) is 46.6. The van der Waals surface area contributed by atoms with Gasteiger partial charge in [-0.25, -0.2) is 4.57 Å². The minimum absolute atomic E-state index is 0.0942. The highest BCUT2D eigenvalue weighted by Gasteiger charge is 2.26. The number of phosphoric ester groups is 1. The molecule has 0 fully saturated rings. The fourth-order valence-electron chi connectivity index (χ4n) is 7.50. The molecule has 348 valence electrons. The molecule has 0 rings (SSSR count). The van der Waals surface area contributed by atoms with Crippen LogP contribution in [0.3, 0.4) is 0 Å². The van der Waals surface area contributed by atoms with E-state index < -0.39 is 13.9 Å². The van der Waals surface area contributed by atoms with Gasteiger partial charge in [-0.2, -0.15) is 0 Å². The van der Waals surface area contributed by atoms with E-state index >= 15 is 0 Å². The average molecular weight is 847 g/mol. The Bertz CT molecular complexity index is 899. The van der Waals surface area contributed by atoms with E-state index in [0.717, 1.165) is 32.1 Å². The van der Waals surface area contributed by atoms with Crippen molar-refractivity contribution in [2.75, 3.05) is 54.1 Å². The highest BCUT2D eigenvalue weighted by Crippen LogP contribution is 2.43. The topological polar surface area (TPSA) is 91.3 Å².